The van der Waals surface area contributed by atoms with Gasteiger partial charge in [-0.15, -0.1) is 0 Å². The zero-order valence-corrected chi connectivity index (χ0v) is 11.2. The van der Waals surface area contributed by atoms with E-state index >= 15 is 0 Å². The third-order valence-electron chi connectivity index (χ3n) is 4.16. The molecule has 6 heteroatoms. The molecule has 1 aromatic carbocycles. The van der Waals surface area contributed by atoms with E-state index in [2.05, 4.69) is 0 Å². The van der Waals surface area contributed by atoms with Crippen LogP contribution < -0.4 is 0 Å². The highest BCUT2D eigenvalue weighted by molar-refractivity contribution is 7.89. The van der Waals surface area contributed by atoms with Crippen molar-refractivity contribution in [3.63, 3.8) is 0 Å². The number of nitrogens with zero attached hydrogens (tertiary/aromatic N) is 1. The zero-order valence-electron chi connectivity index (χ0n) is 10.4. The Labute approximate surface area is 111 Å². The number of sulfonamides is 1. The van der Waals surface area contributed by atoms with Gasteiger partial charge in [-0.05, 0) is 36.5 Å². The van der Waals surface area contributed by atoms with Crippen molar-refractivity contribution in [2.75, 3.05) is 13.1 Å². The number of hydrogen-bond donors (Lipinski definition) is 1. The third kappa shape index (κ3) is 1.95. The fourth-order valence-electron chi connectivity index (χ4n) is 2.80. The Balaban J connectivity index is 1.84. The molecule has 1 aliphatic carbocycles. The van der Waals surface area contributed by atoms with Crippen molar-refractivity contribution in [1.82, 2.24) is 4.31 Å². The molecule has 19 heavy (non-hydrogen) atoms. The van der Waals surface area contributed by atoms with Crippen LogP contribution in [0.1, 0.15) is 29.6 Å². The smallest absolute Gasteiger partial charge is 0.335 e. The van der Waals surface area contributed by atoms with Crippen molar-refractivity contribution in [2.24, 2.45) is 5.41 Å². The summed E-state index contributed by atoms with van der Waals surface area (Å²) in [5.74, 6) is -1.11. The second kappa shape index (κ2) is 4.05. The van der Waals surface area contributed by atoms with Gasteiger partial charge in [0, 0.05) is 13.1 Å². The first-order chi connectivity index (χ1) is 8.93. The monoisotopic (exact) mass is 281 g/mol. The van der Waals surface area contributed by atoms with Crippen LogP contribution >= 0.6 is 0 Å². The number of benzene rings is 1. The van der Waals surface area contributed by atoms with Gasteiger partial charge in [0.05, 0.1) is 10.5 Å². The molecule has 1 saturated heterocycles. The molecule has 0 bridgehead atoms. The van der Waals surface area contributed by atoms with Gasteiger partial charge in [-0.1, -0.05) is 12.5 Å². The highest BCUT2D eigenvalue weighted by atomic mass is 32.2. The van der Waals surface area contributed by atoms with Gasteiger partial charge in [-0.3, -0.25) is 0 Å². The van der Waals surface area contributed by atoms with Crippen LogP contribution in [0.25, 0.3) is 0 Å². The van der Waals surface area contributed by atoms with Crippen LogP contribution in [0.15, 0.2) is 29.2 Å². The topological polar surface area (TPSA) is 74.7 Å². The SMILES string of the molecule is O=C(O)c1cccc(S(=O)(=O)N2CC3(CCC3)C2)c1. The zero-order chi connectivity index (χ0) is 13.7. The quantitative estimate of drug-likeness (QED) is 0.912. The molecule has 1 spiro atoms. The standard InChI is InChI=1S/C13H15NO4S/c15-12(16)10-3-1-4-11(7-10)19(17,18)14-8-13(9-14)5-2-6-13/h1,3-4,7H,2,5-6,8-9H2,(H,15,16). The molecule has 0 radical (unpaired) electrons. The largest absolute Gasteiger partial charge is 0.478 e. The van der Waals surface area contributed by atoms with E-state index < -0.39 is 16.0 Å². The van der Waals surface area contributed by atoms with Crippen molar-refractivity contribution in [1.29, 1.82) is 0 Å². The second-order valence-electron chi connectivity index (χ2n) is 5.46. The fraction of sp³-hybridized carbons (Fsp3) is 0.462. The average Bonchev–Trinajstić information content (AvgIpc) is 2.25. The lowest BCUT2D eigenvalue weighted by molar-refractivity contribution is -0.00794. The summed E-state index contributed by atoms with van der Waals surface area (Å²) in [5.41, 5.74) is 0.220. The van der Waals surface area contributed by atoms with Gasteiger partial charge in [-0.25, -0.2) is 13.2 Å². The molecule has 0 atom stereocenters. The van der Waals surface area contributed by atoms with E-state index in [0.29, 0.717) is 13.1 Å². The fourth-order valence-corrected chi connectivity index (χ4v) is 4.52. The molecule has 2 fully saturated rings. The molecule has 1 N–H and O–H groups in total. The first-order valence-electron chi connectivity index (χ1n) is 6.27. The van der Waals surface area contributed by atoms with E-state index in [4.69, 9.17) is 5.11 Å². The summed E-state index contributed by atoms with van der Waals surface area (Å²) >= 11 is 0. The molecule has 1 saturated carbocycles. The predicted molar refractivity (Wildman–Crippen MR) is 68.4 cm³/mol. The molecule has 1 aromatic rings. The van der Waals surface area contributed by atoms with E-state index in [9.17, 15) is 13.2 Å². The number of hydrogen-bond acceptors (Lipinski definition) is 3. The van der Waals surface area contributed by atoms with Crippen LogP contribution in [-0.2, 0) is 10.0 Å². The van der Waals surface area contributed by atoms with Crippen LogP contribution in [0.3, 0.4) is 0 Å². The summed E-state index contributed by atoms with van der Waals surface area (Å²) in [6.07, 6.45) is 3.39. The third-order valence-corrected chi connectivity index (χ3v) is 5.94. The molecule has 1 aliphatic heterocycles. The highest BCUT2D eigenvalue weighted by Gasteiger charge is 2.51. The Morgan fingerprint density at radius 2 is 1.95 bits per heavy atom. The van der Waals surface area contributed by atoms with Crippen LogP contribution in [0.5, 0.6) is 0 Å². The molecule has 3 rings (SSSR count). The van der Waals surface area contributed by atoms with E-state index in [1.807, 2.05) is 0 Å². The normalized spacial score (nSPS) is 21.7. The lowest BCUT2D eigenvalue weighted by atomic mass is 9.65. The maximum Gasteiger partial charge on any atom is 0.335 e. The molecule has 0 aromatic heterocycles. The summed E-state index contributed by atoms with van der Waals surface area (Å²) in [7, 11) is -3.54. The minimum atomic E-state index is -3.54. The first kappa shape index (κ1) is 12.6. The van der Waals surface area contributed by atoms with Crippen LogP contribution in [0.2, 0.25) is 0 Å². The van der Waals surface area contributed by atoms with Crippen LogP contribution in [0, 0.1) is 5.41 Å². The summed E-state index contributed by atoms with van der Waals surface area (Å²) in [4.78, 5) is 11.0. The van der Waals surface area contributed by atoms with Gasteiger partial charge >= 0.3 is 5.97 Å². The Kier molecular flexibility index (Phi) is 2.69. The molecule has 1 heterocycles. The van der Waals surface area contributed by atoms with Gasteiger partial charge in [0.1, 0.15) is 0 Å². The van der Waals surface area contributed by atoms with Gasteiger partial charge < -0.3 is 5.11 Å². The Morgan fingerprint density at radius 3 is 2.47 bits per heavy atom. The molecular weight excluding hydrogens is 266 g/mol. The van der Waals surface area contributed by atoms with Gasteiger partial charge in [0.15, 0.2) is 0 Å². The summed E-state index contributed by atoms with van der Waals surface area (Å²) < 4.78 is 26.2. The van der Waals surface area contributed by atoms with Crippen molar-refractivity contribution < 1.29 is 18.3 Å². The first-order valence-corrected chi connectivity index (χ1v) is 7.71. The molecule has 0 unspecified atom stereocenters. The minimum Gasteiger partial charge on any atom is -0.478 e. The van der Waals surface area contributed by atoms with Crippen LogP contribution in [0.4, 0.5) is 0 Å². The molecule has 102 valence electrons. The lowest BCUT2D eigenvalue weighted by Gasteiger charge is -2.54. The molecule has 0 amide bonds. The summed E-state index contributed by atoms with van der Waals surface area (Å²) in [6.45, 7) is 1.15. The molecular formula is C13H15NO4S. The number of aromatic carboxylic acids is 1. The van der Waals surface area contributed by atoms with Gasteiger partial charge in [0.2, 0.25) is 10.0 Å². The molecule has 5 nitrogen and oxygen atoms in total. The predicted octanol–water partition coefficient (Wildman–Crippen LogP) is 1.56. The van der Waals surface area contributed by atoms with Crippen molar-refractivity contribution in [2.45, 2.75) is 24.2 Å². The summed E-state index contributed by atoms with van der Waals surface area (Å²) in [5, 5.41) is 8.91. The second-order valence-corrected chi connectivity index (χ2v) is 7.40. The lowest BCUT2D eigenvalue weighted by Crippen LogP contribution is -2.61. The summed E-state index contributed by atoms with van der Waals surface area (Å²) in [6, 6.07) is 5.54. The van der Waals surface area contributed by atoms with E-state index in [1.165, 1.54) is 35.0 Å². The Hall–Kier alpha value is -1.40. The number of carbonyl (C=O) groups is 1. The van der Waals surface area contributed by atoms with E-state index in [0.717, 1.165) is 12.8 Å². The van der Waals surface area contributed by atoms with E-state index in [1.54, 1.807) is 0 Å². The number of carboxylic acids is 1. The highest BCUT2D eigenvalue weighted by Crippen LogP contribution is 2.49. The minimum absolute atomic E-state index is 0.0000408. The Bertz CT molecular complexity index is 626. The number of rotatable bonds is 3. The maximum atomic E-state index is 12.4. The van der Waals surface area contributed by atoms with E-state index in [-0.39, 0.29) is 15.9 Å². The average molecular weight is 281 g/mol. The van der Waals surface area contributed by atoms with Crippen molar-refractivity contribution >= 4 is 16.0 Å². The number of carboxylic acid groups (broad SMARTS) is 1. The Morgan fingerprint density at radius 1 is 1.26 bits per heavy atom. The molecule has 2 aliphatic rings. The van der Waals surface area contributed by atoms with Gasteiger partial charge in [-0.2, -0.15) is 4.31 Å². The van der Waals surface area contributed by atoms with Crippen molar-refractivity contribution in [3.05, 3.63) is 29.8 Å². The maximum absolute atomic E-state index is 12.4. The van der Waals surface area contributed by atoms with Crippen LogP contribution in [-0.4, -0.2) is 36.9 Å². The van der Waals surface area contributed by atoms with Crippen molar-refractivity contribution in [3.8, 4) is 0 Å². The van der Waals surface area contributed by atoms with Gasteiger partial charge in [0.25, 0.3) is 0 Å².